The quantitative estimate of drug-likeness (QED) is 0.846. The van der Waals surface area contributed by atoms with Crippen molar-refractivity contribution in [3.63, 3.8) is 0 Å². The third kappa shape index (κ3) is 3.98. The Morgan fingerprint density at radius 2 is 2.10 bits per heavy atom. The minimum absolute atomic E-state index is 0.0164. The van der Waals surface area contributed by atoms with Crippen molar-refractivity contribution >= 4 is 27.5 Å². The van der Waals surface area contributed by atoms with E-state index in [2.05, 4.69) is 27.8 Å². The minimum atomic E-state index is 0.0164. The molecule has 5 heteroatoms. The number of nitrogens with two attached hydrogens (primary N) is 1. The maximum atomic E-state index is 12.6. The predicted molar refractivity (Wildman–Crippen MR) is 90.4 cm³/mol. The first-order valence-corrected chi connectivity index (χ1v) is 8.36. The fraction of sp³-hybridized carbons (Fsp3) is 0.562. The van der Waals surface area contributed by atoms with Gasteiger partial charge in [-0.05, 0) is 44.0 Å². The van der Waals surface area contributed by atoms with Crippen LogP contribution in [0, 0.1) is 0 Å². The molecule has 0 spiro atoms. The summed E-state index contributed by atoms with van der Waals surface area (Å²) in [6.07, 6.45) is 3.26. The fourth-order valence-electron chi connectivity index (χ4n) is 2.92. The summed E-state index contributed by atoms with van der Waals surface area (Å²) < 4.78 is 0.881. The largest absolute Gasteiger partial charge is 0.398 e. The first kappa shape index (κ1) is 16.3. The number of rotatable bonds is 4. The lowest BCUT2D eigenvalue weighted by atomic mass is 10.0. The lowest BCUT2D eigenvalue weighted by molar-refractivity contribution is 0.0643. The number of carbonyl (C=O) groups is 1. The first-order chi connectivity index (χ1) is 10.0. The summed E-state index contributed by atoms with van der Waals surface area (Å²) in [6, 6.07) is 5.74. The molecule has 0 atom stereocenters. The Morgan fingerprint density at radius 3 is 2.71 bits per heavy atom. The number of likely N-dealkylation sites (tertiary alicyclic amines) is 1. The van der Waals surface area contributed by atoms with Crippen molar-refractivity contribution in [3.05, 3.63) is 28.2 Å². The van der Waals surface area contributed by atoms with Crippen LogP contribution < -0.4 is 5.73 Å². The van der Waals surface area contributed by atoms with Crippen molar-refractivity contribution in [1.29, 1.82) is 0 Å². The van der Waals surface area contributed by atoms with Crippen LogP contribution in [0.1, 0.15) is 36.5 Å². The molecule has 4 nitrogen and oxygen atoms in total. The number of nitrogens with zero attached hydrogens (tertiary/aromatic N) is 2. The zero-order valence-corrected chi connectivity index (χ0v) is 14.4. The third-order valence-electron chi connectivity index (χ3n) is 4.21. The Balaban J connectivity index is 2.01. The second-order valence-electron chi connectivity index (χ2n) is 5.72. The Kier molecular flexibility index (Phi) is 5.65. The van der Waals surface area contributed by atoms with Crippen LogP contribution in [0.5, 0.6) is 0 Å². The van der Waals surface area contributed by atoms with E-state index in [1.54, 1.807) is 12.1 Å². The van der Waals surface area contributed by atoms with Crippen LogP contribution in [-0.2, 0) is 0 Å². The van der Waals surface area contributed by atoms with Gasteiger partial charge in [0, 0.05) is 36.3 Å². The summed E-state index contributed by atoms with van der Waals surface area (Å²) in [6.45, 7) is 5.51. The number of hydrogen-bond donors (Lipinski definition) is 1. The second kappa shape index (κ2) is 7.27. The summed E-state index contributed by atoms with van der Waals surface area (Å²) >= 11 is 3.40. The molecule has 116 valence electrons. The second-order valence-corrected chi connectivity index (χ2v) is 6.64. The first-order valence-electron chi connectivity index (χ1n) is 7.57. The number of hydrogen-bond acceptors (Lipinski definition) is 3. The number of benzene rings is 1. The number of halogens is 1. The van der Waals surface area contributed by atoms with Crippen molar-refractivity contribution in [1.82, 2.24) is 9.80 Å². The highest BCUT2D eigenvalue weighted by molar-refractivity contribution is 9.10. The molecule has 0 aromatic heterocycles. The van der Waals surface area contributed by atoms with E-state index in [-0.39, 0.29) is 5.91 Å². The molecule has 0 bridgehead atoms. The summed E-state index contributed by atoms with van der Waals surface area (Å²) in [5.74, 6) is 0.0164. The van der Waals surface area contributed by atoms with E-state index < -0.39 is 0 Å². The highest BCUT2D eigenvalue weighted by atomic mass is 79.9. The molecule has 0 aliphatic carbocycles. The van der Waals surface area contributed by atoms with E-state index in [1.165, 1.54) is 6.42 Å². The van der Waals surface area contributed by atoms with Gasteiger partial charge in [-0.25, -0.2) is 0 Å². The van der Waals surface area contributed by atoms with Gasteiger partial charge in [-0.3, -0.25) is 4.79 Å². The molecule has 1 amide bonds. The standard InChI is InChI=1S/C16H24BrN3O/c1-3-8-20-9-6-13(7-10-20)19(2)16(21)14-11-12(17)4-5-15(14)18/h4-5,11,13H,3,6-10,18H2,1-2H3. The SMILES string of the molecule is CCCN1CCC(N(C)C(=O)c2cc(Br)ccc2N)CC1. The van der Waals surface area contributed by atoms with Crippen molar-refractivity contribution in [3.8, 4) is 0 Å². The van der Waals surface area contributed by atoms with Gasteiger partial charge in [-0.2, -0.15) is 0 Å². The third-order valence-corrected chi connectivity index (χ3v) is 4.70. The molecular formula is C16H24BrN3O. The van der Waals surface area contributed by atoms with Crippen LogP contribution in [0.15, 0.2) is 22.7 Å². The van der Waals surface area contributed by atoms with Gasteiger partial charge in [0.1, 0.15) is 0 Å². The number of anilines is 1. The van der Waals surface area contributed by atoms with Gasteiger partial charge in [0.25, 0.3) is 5.91 Å². The van der Waals surface area contributed by atoms with Gasteiger partial charge < -0.3 is 15.5 Å². The van der Waals surface area contributed by atoms with E-state index in [4.69, 9.17) is 5.73 Å². The number of piperidine rings is 1. The monoisotopic (exact) mass is 353 g/mol. The van der Waals surface area contributed by atoms with Gasteiger partial charge >= 0.3 is 0 Å². The molecule has 1 fully saturated rings. The number of nitrogen functional groups attached to an aromatic ring is 1. The molecular weight excluding hydrogens is 330 g/mol. The van der Waals surface area contributed by atoms with Gasteiger partial charge in [0.05, 0.1) is 5.56 Å². The zero-order chi connectivity index (χ0) is 15.4. The Morgan fingerprint density at radius 1 is 1.43 bits per heavy atom. The molecule has 0 unspecified atom stereocenters. The summed E-state index contributed by atoms with van der Waals surface area (Å²) in [4.78, 5) is 17.0. The fourth-order valence-corrected chi connectivity index (χ4v) is 3.28. The average Bonchev–Trinajstić information content (AvgIpc) is 2.49. The molecule has 2 N–H and O–H groups in total. The Bertz CT molecular complexity index is 498. The smallest absolute Gasteiger partial charge is 0.255 e. The molecule has 1 aromatic carbocycles. The van der Waals surface area contributed by atoms with E-state index in [0.29, 0.717) is 17.3 Å². The Hall–Kier alpha value is -1.07. The van der Waals surface area contributed by atoms with Crippen LogP contribution in [0.2, 0.25) is 0 Å². The molecule has 1 aliphatic rings. The van der Waals surface area contributed by atoms with Crippen molar-refractivity contribution in [2.24, 2.45) is 0 Å². The van der Waals surface area contributed by atoms with Crippen LogP contribution in [0.25, 0.3) is 0 Å². The highest BCUT2D eigenvalue weighted by Crippen LogP contribution is 2.23. The Labute approximate surface area is 135 Å². The maximum absolute atomic E-state index is 12.6. The molecule has 21 heavy (non-hydrogen) atoms. The van der Waals surface area contributed by atoms with Crippen LogP contribution in [0.4, 0.5) is 5.69 Å². The van der Waals surface area contributed by atoms with Crippen molar-refractivity contribution in [2.75, 3.05) is 32.4 Å². The maximum Gasteiger partial charge on any atom is 0.255 e. The van der Waals surface area contributed by atoms with Gasteiger partial charge in [0.15, 0.2) is 0 Å². The van der Waals surface area contributed by atoms with E-state index in [9.17, 15) is 4.79 Å². The van der Waals surface area contributed by atoms with E-state index in [1.807, 2.05) is 18.0 Å². The highest BCUT2D eigenvalue weighted by Gasteiger charge is 2.26. The lowest BCUT2D eigenvalue weighted by Gasteiger charge is -2.36. The number of carbonyl (C=O) groups excluding carboxylic acids is 1. The molecule has 1 aliphatic heterocycles. The zero-order valence-electron chi connectivity index (χ0n) is 12.8. The molecule has 1 aromatic rings. The predicted octanol–water partition coefficient (Wildman–Crippen LogP) is 2.98. The molecule has 1 saturated heterocycles. The van der Waals surface area contributed by atoms with Crippen LogP contribution >= 0.6 is 15.9 Å². The van der Waals surface area contributed by atoms with Crippen LogP contribution in [0.3, 0.4) is 0 Å². The minimum Gasteiger partial charge on any atom is -0.398 e. The number of amides is 1. The lowest BCUT2D eigenvalue weighted by Crippen LogP contribution is -2.45. The molecule has 2 rings (SSSR count). The normalized spacial score (nSPS) is 16.9. The molecule has 1 heterocycles. The summed E-state index contributed by atoms with van der Waals surface area (Å²) in [5, 5.41) is 0. The van der Waals surface area contributed by atoms with Gasteiger partial charge in [-0.15, -0.1) is 0 Å². The van der Waals surface area contributed by atoms with Gasteiger partial charge in [-0.1, -0.05) is 22.9 Å². The topological polar surface area (TPSA) is 49.6 Å². The average molecular weight is 354 g/mol. The van der Waals surface area contributed by atoms with Crippen molar-refractivity contribution < 1.29 is 4.79 Å². The van der Waals surface area contributed by atoms with E-state index in [0.717, 1.165) is 36.9 Å². The molecule has 0 saturated carbocycles. The molecule has 0 radical (unpaired) electrons. The summed E-state index contributed by atoms with van der Waals surface area (Å²) in [7, 11) is 1.89. The van der Waals surface area contributed by atoms with Gasteiger partial charge in [0.2, 0.25) is 0 Å². The summed E-state index contributed by atoms with van der Waals surface area (Å²) in [5.41, 5.74) is 7.07. The van der Waals surface area contributed by atoms with Crippen LogP contribution in [-0.4, -0.2) is 48.4 Å². The van der Waals surface area contributed by atoms with E-state index >= 15 is 0 Å². The van der Waals surface area contributed by atoms with Crippen molar-refractivity contribution in [2.45, 2.75) is 32.2 Å².